The molecule has 1 fully saturated rings. The van der Waals surface area contributed by atoms with Crippen molar-refractivity contribution < 1.29 is 9.90 Å². The molecule has 2 rings (SSSR count). The molecule has 4 nitrogen and oxygen atoms in total. The molecule has 5 heteroatoms. The van der Waals surface area contributed by atoms with Crippen LogP contribution in [0.25, 0.3) is 0 Å². The number of rotatable bonds is 5. The van der Waals surface area contributed by atoms with Gasteiger partial charge < -0.3 is 10.4 Å². The number of nitrogens with zero attached hydrogens (tertiary/aromatic N) is 1. The summed E-state index contributed by atoms with van der Waals surface area (Å²) < 4.78 is 0. The molecule has 0 radical (unpaired) electrons. The summed E-state index contributed by atoms with van der Waals surface area (Å²) in [5.41, 5.74) is 0.987. The largest absolute Gasteiger partial charge is 0.395 e. The van der Waals surface area contributed by atoms with Crippen LogP contribution < -0.4 is 5.32 Å². The fourth-order valence-electron chi connectivity index (χ4n) is 2.40. The lowest BCUT2D eigenvalue weighted by molar-refractivity contribution is -0.122. The zero-order valence-electron chi connectivity index (χ0n) is 10.8. The maximum atomic E-state index is 11.9. The fourth-order valence-corrected chi connectivity index (χ4v) is 2.61. The molecule has 1 aromatic rings. The predicted molar refractivity (Wildman–Crippen MR) is 75.0 cm³/mol. The van der Waals surface area contributed by atoms with E-state index in [0.717, 1.165) is 24.9 Å². The molecule has 1 aliphatic heterocycles. The third kappa shape index (κ3) is 4.20. The van der Waals surface area contributed by atoms with Crippen molar-refractivity contribution in [1.82, 2.24) is 10.2 Å². The van der Waals surface area contributed by atoms with Crippen LogP contribution in [0.4, 0.5) is 0 Å². The van der Waals surface area contributed by atoms with Crippen LogP contribution >= 0.6 is 11.6 Å². The van der Waals surface area contributed by atoms with Crippen LogP contribution in [-0.4, -0.2) is 41.7 Å². The summed E-state index contributed by atoms with van der Waals surface area (Å²) in [5.74, 6) is -0.0136. The second-order valence-corrected chi connectivity index (χ2v) is 5.29. The number of benzene rings is 1. The third-order valence-corrected chi connectivity index (χ3v) is 3.67. The van der Waals surface area contributed by atoms with Crippen LogP contribution in [0.2, 0.25) is 5.02 Å². The Labute approximate surface area is 118 Å². The van der Waals surface area contributed by atoms with Gasteiger partial charge >= 0.3 is 0 Å². The van der Waals surface area contributed by atoms with E-state index < -0.39 is 0 Å². The smallest absolute Gasteiger partial charge is 0.234 e. The van der Waals surface area contributed by atoms with Gasteiger partial charge in [0.05, 0.1) is 13.2 Å². The number of hydrogen-bond acceptors (Lipinski definition) is 3. The van der Waals surface area contributed by atoms with Crippen molar-refractivity contribution in [3.05, 3.63) is 34.9 Å². The quantitative estimate of drug-likeness (QED) is 0.859. The van der Waals surface area contributed by atoms with Crippen LogP contribution in [0.5, 0.6) is 0 Å². The van der Waals surface area contributed by atoms with Crippen molar-refractivity contribution in [2.45, 2.75) is 25.4 Å². The fraction of sp³-hybridized carbons (Fsp3) is 0.500. The Morgan fingerprint density at radius 1 is 1.53 bits per heavy atom. The van der Waals surface area contributed by atoms with E-state index in [9.17, 15) is 9.90 Å². The maximum Gasteiger partial charge on any atom is 0.234 e. The minimum atomic E-state index is -0.0136. The molecular formula is C14H19ClN2O2. The standard InChI is InChI=1S/C14H19ClN2O2/c15-12-4-1-3-11(7-12)8-16-14(19)9-17-6-2-5-13(17)10-18/h1,3-4,7,13,18H,2,5-6,8-10H2,(H,16,19). The minimum Gasteiger partial charge on any atom is -0.395 e. The van der Waals surface area contributed by atoms with Gasteiger partial charge in [-0.15, -0.1) is 0 Å². The zero-order chi connectivity index (χ0) is 13.7. The Morgan fingerprint density at radius 2 is 2.37 bits per heavy atom. The molecule has 19 heavy (non-hydrogen) atoms. The molecule has 0 aliphatic carbocycles. The molecule has 1 aromatic carbocycles. The lowest BCUT2D eigenvalue weighted by Crippen LogP contribution is -2.40. The highest BCUT2D eigenvalue weighted by atomic mass is 35.5. The molecule has 1 amide bonds. The van der Waals surface area contributed by atoms with Gasteiger partial charge in [0.25, 0.3) is 0 Å². The Bertz CT molecular complexity index is 439. The summed E-state index contributed by atoms with van der Waals surface area (Å²) in [5, 5.41) is 12.7. The van der Waals surface area contributed by atoms with E-state index in [1.165, 1.54) is 0 Å². The van der Waals surface area contributed by atoms with Crippen LogP contribution in [0.1, 0.15) is 18.4 Å². The second kappa shape index (κ2) is 6.89. The van der Waals surface area contributed by atoms with E-state index in [1.54, 1.807) is 0 Å². The topological polar surface area (TPSA) is 52.6 Å². The number of nitrogens with one attached hydrogen (secondary N) is 1. The Balaban J connectivity index is 1.78. The van der Waals surface area contributed by atoms with E-state index in [0.29, 0.717) is 18.1 Å². The summed E-state index contributed by atoms with van der Waals surface area (Å²) >= 11 is 5.89. The summed E-state index contributed by atoms with van der Waals surface area (Å²) in [6.45, 7) is 1.85. The number of amides is 1. The molecule has 1 heterocycles. The van der Waals surface area contributed by atoms with Gasteiger partial charge in [0.2, 0.25) is 5.91 Å². The lowest BCUT2D eigenvalue weighted by atomic mass is 10.2. The Hall–Kier alpha value is -1.10. The molecular weight excluding hydrogens is 264 g/mol. The van der Waals surface area contributed by atoms with Crippen LogP contribution in [0.3, 0.4) is 0 Å². The van der Waals surface area contributed by atoms with Gasteiger partial charge in [-0.1, -0.05) is 23.7 Å². The molecule has 1 aliphatic rings. The molecule has 1 atom stereocenters. The minimum absolute atomic E-state index is 0.0136. The summed E-state index contributed by atoms with van der Waals surface area (Å²) in [7, 11) is 0. The van der Waals surface area contributed by atoms with Crippen molar-refractivity contribution in [3.63, 3.8) is 0 Å². The van der Waals surface area contributed by atoms with Crippen molar-refractivity contribution in [1.29, 1.82) is 0 Å². The van der Waals surface area contributed by atoms with Gasteiger partial charge in [0.1, 0.15) is 0 Å². The number of hydrogen-bond donors (Lipinski definition) is 2. The SMILES string of the molecule is O=C(CN1CCCC1CO)NCc1cccc(Cl)c1. The van der Waals surface area contributed by atoms with E-state index >= 15 is 0 Å². The predicted octanol–water partition coefficient (Wildman–Crippen LogP) is 1.41. The monoisotopic (exact) mass is 282 g/mol. The second-order valence-electron chi connectivity index (χ2n) is 4.86. The first-order valence-corrected chi connectivity index (χ1v) is 6.93. The average molecular weight is 283 g/mol. The van der Waals surface area contributed by atoms with E-state index in [1.807, 2.05) is 29.2 Å². The van der Waals surface area contributed by atoms with Gasteiger partial charge in [-0.25, -0.2) is 0 Å². The van der Waals surface area contributed by atoms with E-state index in [4.69, 9.17) is 11.6 Å². The van der Waals surface area contributed by atoms with Crippen LogP contribution in [-0.2, 0) is 11.3 Å². The zero-order valence-corrected chi connectivity index (χ0v) is 11.6. The van der Waals surface area contributed by atoms with Gasteiger partial charge in [-0.3, -0.25) is 9.69 Å². The summed E-state index contributed by atoms with van der Waals surface area (Å²) in [4.78, 5) is 13.9. The number of carbonyl (C=O) groups is 1. The summed E-state index contributed by atoms with van der Waals surface area (Å²) in [6.07, 6.45) is 2.02. The highest BCUT2D eigenvalue weighted by Crippen LogP contribution is 2.15. The van der Waals surface area contributed by atoms with E-state index in [2.05, 4.69) is 5.32 Å². The highest BCUT2D eigenvalue weighted by molar-refractivity contribution is 6.30. The Kier molecular flexibility index (Phi) is 5.19. The molecule has 2 N–H and O–H groups in total. The average Bonchev–Trinajstić information content (AvgIpc) is 2.84. The molecule has 1 unspecified atom stereocenters. The molecule has 0 bridgehead atoms. The first kappa shape index (κ1) is 14.3. The number of carbonyl (C=O) groups excluding carboxylic acids is 1. The number of halogens is 1. The van der Waals surface area contributed by atoms with Gasteiger partial charge in [0, 0.05) is 17.6 Å². The Morgan fingerprint density at radius 3 is 3.11 bits per heavy atom. The van der Waals surface area contributed by atoms with Crippen molar-refractivity contribution >= 4 is 17.5 Å². The van der Waals surface area contributed by atoms with Gasteiger partial charge in [-0.05, 0) is 37.1 Å². The highest BCUT2D eigenvalue weighted by Gasteiger charge is 2.25. The maximum absolute atomic E-state index is 11.9. The van der Waals surface area contributed by atoms with Gasteiger partial charge in [-0.2, -0.15) is 0 Å². The van der Waals surface area contributed by atoms with Crippen LogP contribution in [0, 0.1) is 0 Å². The molecule has 0 aromatic heterocycles. The number of aliphatic hydroxyl groups is 1. The number of aliphatic hydroxyl groups excluding tert-OH is 1. The summed E-state index contributed by atoms with van der Waals surface area (Å²) in [6, 6.07) is 7.58. The van der Waals surface area contributed by atoms with Crippen LogP contribution in [0.15, 0.2) is 24.3 Å². The van der Waals surface area contributed by atoms with E-state index in [-0.39, 0.29) is 18.6 Å². The molecule has 0 spiro atoms. The first-order valence-electron chi connectivity index (χ1n) is 6.55. The molecule has 0 saturated carbocycles. The van der Waals surface area contributed by atoms with Crippen molar-refractivity contribution in [2.24, 2.45) is 0 Å². The number of likely N-dealkylation sites (tertiary alicyclic amines) is 1. The molecule has 1 saturated heterocycles. The third-order valence-electron chi connectivity index (χ3n) is 3.44. The normalized spacial score (nSPS) is 19.6. The first-order chi connectivity index (χ1) is 9.19. The lowest BCUT2D eigenvalue weighted by Gasteiger charge is -2.21. The molecule has 104 valence electrons. The van der Waals surface area contributed by atoms with Crippen molar-refractivity contribution in [3.8, 4) is 0 Å². The van der Waals surface area contributed by atoms with Gasteiger partial charge in [0.15, 0.2) is 0 Å². The van der Waals surface area contributed by atoms with Crippen molar-refractivity contribution in [2.75, 3.05) is 19.7 Å².